The van der Waals surface area contributed by atoms with Gasteiger partial charge in [-0.25, -0.2) is 14.8 Å². The first-order valence-electron chi connectivity index (χ1n) is 11.7. The highest BCUT2D eigenvalue weighted by atomic mass is 16.6. The van der Waals surface area contributed by atoms with Crippen molar-refractivity contribution >= 4 is 27.9 Å². The van der Waals surface area contributed by atoms with Crippen LogP contribution in [0.2, 0.25) is 0 Å². The summed E-state index contributed by atoms with van der Waals surface area (Å²) >= 11 is 0. The minimum Gasteiger partial charge on any atom is -0.444 e. The Kier molecular flexibility index (Phi) is 5.55. The first-order valence-corrected chi connectivity index (χ1v) is 11.7. The quantitative estimate of drug-likeness (QED) is 0.308. The molecule has 0 fully saturated rings. The molecule has 2 aromatic heterocycles. The van der Waals surface area contributed by atoms with Crippen LogP contribution in [0.15, 0.2) is 67.1 Å². The van der Waals surface area contributed by atoms with Gasteiger partial charge in [0, 0.05) is 12.6 Å². The van der Waals surface area contributed by atoms with E-state index in [-0.39, 0.29) is 12.1 Å². The van der Waals surface area contributed by atoms with E-state index in [0.717, 1.165) is 44.2 Å². The number of carbonyl (C=O) groups excluding carboxylic acids is 1. The number of benzene rings is 3. The molecule has 0 saturated heterocycles. The summed E-state index contributed by atoms with van der Waals surface area (Å²) in [6, 6.07) is 18.8. The van der Waals surface area contributed by atoms with Gasteiger partial charge in [0.05, 0.1) is 35.3 Å². The second-order valence-electron chi connectivity index (χ2n) is 9.86. The fourth-order valence-corrected chi connectivity index (χ4v) is 4.08. The van der Waals surface area contributed by atoms with Crippen molar-refractivity contribution in [2.75, 3.05) is 7.05 Å². The van der Waals surface area contributed by atoms with Crippen molar-refractivity contribution in [2.45, 2.75) is 39.3 Å². The Bertz CT molecular complexity index is 1530. The molecule has 1 amide bonds. The maximum absolute atomic E-state index is 12.4. The van der Waals surface area contributed by atoms with Gasteiger partial charge in [0.2, 0.25) is 0 Å². The summed E-state index contributed by atoms with van der Waals surface area (Å²) in [5.41, 5.74) is 5.69. The number of amides is 1. The van der Waals surface area contributed by atoms with Gasteiger partial charge < -0.3 is 19.6 Å². The first kappa shape index (κ1) is 22.7. The Labute approximate surface area is 204 Å². The van der Waals surface area contributed by atoms with E-state index in [4.69, 9.17) is 4.74 Å². The van der Waals surface area contributed by atoms with Crippen molar-refractivity contribution in [3.63, 3.8) is 0 Å². The van der Waals surface area contributed by atoms with Crippen LogP contribution in [0.4, 0.5) is 4.79 Å². The van der Waals surface area contributed by atoms with Gasteiger partial charge in [-0.2, -0.15) is 0 Å². The van der Waals surface area contributed by atoms with E-state index in [9.17, 15) is 4.79 Å². The number of nitrogens with zero attached hydrogens (tertiary/aromatic N) is 3. The monoisotopic (exact) mass is 467 g/mol. The second kappa shape index (κ2) is 8.58. The molecular formula is C28H29N5O2. The fraction of sp³-hybridized carbons (Fsp3) is 0.250. The maximum Gasteiger partial charge on any atom is 0.410 e. The molecule has 0 saturated carbocycles. The van der Waals surface area contributed by atoms with Gasteiger partial charge in [0.1, 0.15) is 11.4 Å². The van der Waals surface area contributed by atoms with Gasteiger partial charge in [-0.1, -0.05) is 30.3 Å². The Balaban J connectivity index is 1.38. The van der Waals surface area contributed by atoms with E-state index in [1.807, 2.05) is 40.0 Å². The minimum atomic E-state index is -0.545. The number of rotatable bonds is 4. The lowest BCUT2D eigenvalue weighted by Gasteiger charge is -2.27. The summed E-state index contributed by atoms with van der Waals surface area (Å²) in [6.07, 6.45) is 3.15. The molecule has 5 aromatic rings. The molecule has 0 spiro atoms. The summed E-state index contributed by atoms with van der Waals surface area (Å²) in [5, 5.41) is 2.30. The van der Waals surface area contributed by atoms with Crippen LogP contribution in [0.5, 0.6) is 0 Å². The Morgan fingerprint density at radius 1 is 0.943 bits per heavy atom. The molecular weight excluding hydrogens is 438 g/mol. The van der Waals surface area contributed by atoms with Gasteiger partial charge >= 0.3 is 6.09 Å². The summed E-state index contributed by atoms with van der Waals surface area (Å²) in [6.45, 7) is 7.49. The lowest BCUT2D eigenvalue weighted by molar-refractivity contribution is 0.0228. The number of carbonyl (C=O) groups is 1. The number of imidazole rings is 2. The van der Waals surface area contributed by atoms with E-state index >= 15 is 0 Å². The molecule has 0 aliphatic heterocycles. The molecule has 35 heavy (non-hydrogen) atoms. The van der Waals surface area contributed by atoms with Crippen LogP contribution < -0.4 is 0 Å². The fourth-order valence-electron chi connectivity index (χ4n) is 4.08. The molecule has 0 bridgehead atoms. The average Bonchev–Trinajstić information content (AvgIpc) is 3.50. The predicted molar refractivity (Wildman–Crippen MR) is 139 cm³/mol. The zero-order valence-electron chi connectivity index (χ0n) is 20.6. The Morgan fingerprint density at radius 2 is 1.60 bits per heavy atom. The van der Waals surface area contributed by atoms with Crippen LogP contribution >= 0.6 is 0 Å². The highest BCUT2D eigenvalue weighted by molar-refractivity contribution is 5.91. The number of H-pyrrole nitrogens is 2. The predicted octanol–water partition coefficient (Wildman–Crippen LogP) is 6.70. The normalized spacial score (nSPS) is 12.7. The molecule has 2 N–H and O–H groups in total. The number of aromatic nitrogens is 4. The molecule has 1 unspecified atom stereocenters. The van der Waals surface area contributed by atoms with Gasteiger partial charge in [-0.15, -0.1) is 0 Å². The molecule has 178 valence electrons. The van der Waals surface area contributed by atoms with Gasteiger partial charge in [-0.05, 0) is 73.9 Å². The van der Waals surface area contributed by atoms with E-state index in [1.165, 1.54) is 0 Å². The van der Waals surface area contributed by atoms with Crippen molar-refractivity contribution in [1.82, 2.24) is 24.8 Å². The van der Waals surface area contributed by atoms with Crippen molar-refractivity contribution in [1.29, 1.82) is 0 Å². The first-order chi connectivity index (χ1) is 16.7. The second-order valence-corrected chi connectivity index (χ2v) is 9.86. The summed E-state index contributed by atoms with van der Waals surface area (Å²) in [7, 11) is 1.72. The lowest BCUT2D eigenvalue weighted by atomic mass is 9.99. The zero-order valence-corrected chi connectivity index (χ0v) is 20.6. The third-order valence-corrected chi connectivity index (χ3v) is 6.16. The third kappa shape index (κ3) is 4.62. The molecule has 7 heteroatoms. The summed E-state index contributed by atoms with van der Waals surface area (Å²) < 4.78 is 5.48. The number of ether oxygens (including phenoxy) is 1. The number of hydrogen-bond donors (Lipinski definition) is 2. The topological polar surface area (TPSA) is 86.9 Å². The standard InChI is InChI=1S/C28H29N5O2/c1-17(33(5)27(34)35-28(2,3)4)26-29-15-25(32-26)22-9-8-18-12-19(6-7-20(18)13-22)21-10-11-23-24(14-21)31-16-30-23/h6-17H,1-5H3,(H,29,32)(H,30,31). The van der Waals surface area contributed by atoms with Gasteiger partial charge in [0.15, 0.2) is 0 Å². The third-order valence-electron chi connectivity index (χ3n) is 6.16. The molecule has 0 radical (unpaired) electrons. The number of hydrogen-bond acceptors (Lipinski definition) is 4. The van der Waals surface area contributed by atoms with Gasteiger partial charge in [0.25, 0.3) is 0 Å². The van der Waals surface area contributed by atoms with Crippen LogP contribution in [-0.2, 0) is 4.74 Å². The van der Waals surface area contributed by atoms with E-state index < -0.39 is 5.60 Å². The highest BCUT2D eigenvalue weighted by Crippen LogP contribution is 2.30. The molecule has 2 heterocycles. The summed E-state index contributed by atoms with van der Waals surface area (Å²) in [4.78, 5) is 29.4. The average molecular weight is 468 g/mol. The maximum atomic E-state index is 12.4. The zero-order chi connectivity index (χ0) is 24.7. The van der Waals surface area contributed by atoms with Crippen molar-refractivity contribution in [2.24, 2.45) is 0 Å². The van der Waals surface area contributed by atoms with Crippen LogP contribution in [0.25, 0.3) is 44.2 Å². The smallest absolute Gasteiger partial charge is 0.410 e. The van der Waals surface area contributed by atoms with Crippen molar-refractivity contribution in [3.05, 3.63) is 72.9 Å². The molecule has 5 rings (SSSR count). The number of aromatic amines is 2. The molecule has 7 nitrogen and oxygen atoms in total. The Hall–Kier alpha value is -4.13. The van der Waals surface area contributed by atoms with Crippen molar-refractivity contribution in [3.8, 4) is 22.4 Å². The SMILES string of the molecule is CC(c1ncc(-c2ccc3cc(-c4ccc5nc[nH]c5c4)ccc3c2)[nH]1)N(C)C(=O)OC(C)(C)C. The van der Waals surface area contributed by atoms with Crippen LogP contribution in [0, 0.1) is 0 Å². The highest BCUT2D eigenvalue weighted by Gasteiger charge is 2.25. The van der Waals surface area contributed by atoms with Crippen LogP contribution in [-0.4, -0.2) is 43.6 Å². The lowest BCUT2D eigenvalue weighted by Crippen LogP contribution is -2.36. The molecule has 3 aromatic carbocycles. The van der Waals surface area contributed by atoms with Gasteiger partial charge in [-0.3, -0.25) is 0 Å². The number of fused-ring (bicyclic) bond motifs is 2. The molecule has 0 aliphatic rings. The largest absolute Gasteiger partial charge is 0.444 e. The van der Waals surface area contributed by atoms with E-state index in [0.29, 0.717) is 5.82 Å². The molecule has 1 atom stereocenters. The summed E-state index contributed by atoms with van der Waals surface area (Å²) in [5.74, 6) is 0.706. The number of nitrogens with one attached hydrogen (secondary N) is 2. The van der Waals surface area contributed by atoms with E-state index in [1.54, 1.807) is 18.3 Å². The van der Waals surface area contributed by atoms with Crippen LogP contribution in [0.1, 0.15) is 39.6 Å². The van der Waals surface area contributed by atoms with Crippen LogP contribution in [0.3, 0.4) is 0 Å². The Morgan fingerprint density at radius 3 is 2.34 bits per heavy atom. The van der Waals surface area contributed by atoms with Crippen molar-refractivity contribution < 1.29 is 9.53 Å². The molecule has 0 aliphatic carbocycles. The van der Waals surface area contributed by atoms with E-state index in [2.05, 4.69) is 68.5 Å². The minimum absolute atomic E-state index is 0.256.